The van der Waals surface area contributed by atoms with Gasteiger partial charge in [0.2, 0.25) is 0 Å². The van der Waals surface area contributed by atoms with Gasteiger partial charge in [-0.1, -0.05) is 18.2 Å². The molecule has 1 nitrogen and oxygen atoms in total. The van der Waals surface area contributed by atoms with E-state index in [-0.39, 0.29) is 0 Å². The third kappa shape index (κ3) is 1.91. The van der Waals surface area contributed by atoms with Crippen LogP contribution in [0.25, 0.3) is 0 Å². The summed E-state index contributed by atoms with van der Waals surface area (Å²) in [5.74, 6) is 0.878. The Hall–Kier alpha value is -0.760. The summed E-state index contributed by atoms with van der Waals surface area (Å²) in [7, 11) is 0. The van der Waals surface area contributed by atoms with Crippen LogP contribution in [0.3, 0.4) is 0 Å². The van der Waals surface area contributed by atoms with E-state index in [4.69, 9.17) is 0 Å². The Morgan fingerprint density at radius 1 is 1.31 bits per heavy atom. The fourth-order valence-corrected chi connectivity index (χ4v) is 4.25. The number of hydrogen-bond donors (Lipinski definition) is 0. The molecule has 0 N–H and O–H groups in total. The molecule has 2 aliphatic rings. The van der Waals surface area contributed by atoms with Crippen LogP contribution >= 0.6 is 11.8 Å². The quantitative estimate of drug-likeness (QED) is 0.776. The Kier molecular flexibility index (Phi) is 2.76. The van der Waals surface area contributed by atoms with E-state index in [0.717, 1.165) is 32.1 Å². The van der Waals surface area contributed by atoms with Crippen LogP contribution in [-0.4, -0.2) is 11.0 Å². The molecule has 1 aromatic rings. The number of benzene rings is 1. The number of ketones is 1. The van der Waals surface area contributed by atoms with Gasteiger partial charge >= 0.3 is 0 Å². The molecule has 0 bridgehead atoms. The zero-order chi connectivity index (χ0) is 11.0. The first-order valence-corrected chi connectivity index (χ1v) is 6.98. The number of fused-ring (bicyclic) bond motifs is 1. The zero-order valence-corrected chi connectivity index (χ0v) is 10.1. The Morgan fingerprint density at radius 3 is 2.94 bits per heavy atom. The minimum Gasteiger partial charge on any atom is -0.299 e. The third-order valence-electron chi connectivity index (χ3n) is 3.69. The maximum Gasteiger partial charge on any atom is 0.136 e. The van der Waals surface area contributed by atoms with Gasteiger partial charge < -0.3 is 0 Å². The predicted molar refractivity (Wildman–Crippen MR) is 66.8 cm³/mol. The molecule has 0 spiro atoms. The largest absolute Gasteiger partial charge is 0.299 e. The summed E-state index contributed by atoms with van der Waals surface area (Å²) < 4.78 is 0. The van der Waals surface area contributed by atoms with E-state index in [0.29, 0.717) is 17.0 Å². The van der Waals surface area contributed by atoms with Gasteiger partial charge in [-0.25, -0.2) is 0 Å². The van der Waals surface area contributed by atoms with Gasteiger partial charge in [-0.15, -0.1) is 11.8 Å². The lowest BCUT2D eigenvalue weighted by atomic mass is 9.97. The van der Waals surface area contributed by atoms with Gasteiger partial charge in [0.05, 0.1) is 0 Å². The molecule has 84 valence electrons. The highest BCUT2D eigenvalue weighted by Crippen LogP contribution is 2.41. The van der Waals surface area contributed by atoms with Crippen LogP contribution in [0.4, 0.5) is 0 Å². The van der Waals surface area contributed by atoms with Crippen LogP contribution in [-0.2, 0) is 11.2 Å². The normalized spacial score (nSPS) is 28.4. The number of rotatable bonds is 2. The van der Waals surface area contributed by atoms with Crippen LogP contribution in [0.2, 0.25) is 0 Å². The Bertz CT molecular complexity index is 388. The molecule has 1 fully saturated rings. The molecule has 0 saturated heterocycles. The van der Waals surface area contributed by atoms with E-state index in [1.807, 2.05) is 11.8 Å². The minimum absolute atomic E-state index is 0.367. The average Bonchev–Trinajstić information content (AvgIpc) is 2.85. The molecule has 16 heavy (non-hydrogen) atoms. The van der Waals surface area contributed by atoms with Crippen LogP contribution in [0.1, 0.15) is 31.2 Å². The van der Waals surface area contributed by atoms with Gasteiger partial charge in [-0.05, 0) is 37.3 Å². The summed E-state index contributed by atoms with van der Waals surface area (Å²) in [4.78, 5) is 13.1. The maximum absolute atomic E-state index is 11.6. The second kappa shape index (κ2) is 4.25. The van der Waals surface area contributed by atoms with Gasteiger partial charge in [0.15, 0.2) is 0 Å². The van der Waals surface area contributed by atoms with E-state index >= 15 is 0 Å². The molecular weight excluding hydrogens is 216 g/mol. The van der Waals surface area contributed by atoms with E-state index in [2.05, 4.69) is 24.3 Å². The SMILES string of the molecule is O=C1CCCC1CC1Cc2ccccc2S1. The second-order valence-electron chi connectivity index (χ2n) is 4.84. The number of hydrogen-bond acceptors (Lipinski definition) is 2. The molecule has 1 heterocycles. The maximum atomic E-state index is 11.6. The summed E-state index contributed by atoms with van der Waals surface area (Å²) in [6.07, 6.45) is 5.33. The second-order valence-corrected chi connectivity index (χ2v) is 6.19. The van der Waals surface area contributed by atoms with Crippen LogP contribution in [0.15, 0.2) is 29.2 Å². The van der Waals surface area contributed by atoms with Crippen molar-refractivity contribution >= 4 is 17.5 Å². The predicted octanol–water partition coefficient (Wildman–Crippen LogP) is 3.46. The van der Waals surface area contributed by atoms with Crippen molar-refractivity contribution in [2.75, 3.05) is 0 Å². The minimum atomic E-state index is 0.367. The molecular formula is C14H16OS. The fourth-order valence-electron chi connectivity index (χ4n) is 2.84. The van der Waals surface area contributed by atoms with Crippen molar-refractivity contribution in [2.24, 2.45) is 5.92 Å². The van der Waals surface area contributed by atoms with Crippen molar-refractivity contribution in [1.82, 2.24) is 0 Å². The van der Waals surface area contributed by atoms with Crippen LogP contribution < -0.4 is 0 Å². The lowest BCUT2D eigenvalue weighted by molar-refractivity contribution is -0.120. The number of carbonyl (C=O) groups excluding carboxylic acids is 1. The van der Waals surface area contributed by atoms with E-state index < -0.39 is 0 Å². The Morgan fingerprint density at radius 2 is 2.19 bits per heavy atom. The van der Waals surface area contributed by atoms with Gasteiger partial charge in [-0.2, -0.15) is 0 Å². The average molecular weight is 232 g/mol. The molecule has 2 atom stereocenters. The standard InChI is InChI=1S/C14H16OS/c15-13-6-3-5-10(13)8-12-9-11-4-1-2-7-14(11)16-12/h1-2,4,7,10,12H,3,5-6,8-9H2. The van der Waals surface area contributed by atoms with Gasteiger partial charge in [0, 0.05) is 22.5 Å². The molecule has 0 radical (unpaired) electrons. The summed E-state index contributed by atoms with van der Waals surface area (Å²) in [6, 6.07) is 8.65. The first-order chi connectivity index (χ1) is 7.83. The van der Waals surface area contributed by atoms with Gasteiger partial charge in [0.1, 0.15) is 5.78 Å². The first-order valence-electron chi connectivity index (χ1n) is 6.10. The summed E-state index contributed by atoms with van der Waals surface area (Å²) >= 11 is 1.97. The topological polar surface area (TPSA) is 17.1 Å². The van der Waals surface area contributed by atoms with Crippen molar-refractivity contribution < 1.29 is 4.79 Å². The molecule has 2 heteroatoms. The van der Waals surface area contributed by atoms with Crippen molar-refractivity contribution in [3.8, 4) is 0 Å². The van der Waals surface area contributed by atoms with Gasteiger partial charge in [0.25, 0.3) is 0 Å². The molecule has 3 rings (SSSR count). The van der Waals surface area contributed by atoms with Crippen molar-refractivity contribution in [2.45, 2.75) is 42.2 Å². The lowest BCUT2D eigenvalue weighted by Gasteiger charge is -2.12. The summed E-state index contributed by atoms with van der Waals surface area (Å²) in [5, 5.41) is 0.643. The molecule has 1 aliphatic heterocycles. The Labute approximate surface area is 101 Å². The van der Waals surface area contributed by atoms with E-state index in [9.17, 15) is 4.79 Å². The monoisotopic (exact) mass is 232 g/mol. The zero-order valence-electron chi connectivity index (χ0n) is 9.32. The lowest BCUT2D eigenvalue weighted by Crippen LogP contribution is -2.13. The fraction of sp³-hybridized carbons (Fsp3) is 0.500. The summed E-state index contributed by atoms with van der Waals surface area (Å²) in [5.41, 5.74) is 1.47. The van der Waals surface area contributed by atoms with Gasteiger partial charge in [-0.3, -0.25) is 4.79 Å². The van der Waals surface area contributed by atoms with Crippen molar-refractivity contribution in [1.29, 1.82) is 0 Å². The molecule has 1 saturated carbocycles. The van der Waals surface area contributed by atoms with Crippen molar-refractivity contribution in [3.63, 3.8) is 0 Å². The van der Waals surface area contributed by atoms with Crippen LogP contribution in [0.5, 0.6) is 0 Å². The number of Topliss-reactive ketones (excluding diaryl/α,β-unsaturated/α-hetero) is 1. The highest BCUT2D eigenvalue weighted by molar-refractivity contribution is 8.00. The molecule has 0 aromatic heterocycles. The molecule has 2 unspecified atom stereocenters. The van der Waals surface area contributed by atoms with E-state index in [1.165, 1.54) is 10.5 Å². The smallest absolute Gasteiger partial charge is 0.136 e. The van der Waals surface area contributed by atoms with Crippen LogP contribution in [0, 0.1) is 5.92 Å². The first kappa shape index (κ1) is 10.4. The Balaban J connectivity index is 1.66. The highest BCUT2D eigenvalue weighted by atomic mass is 32.2. The number of thioether (sulfide) groups is 1. The molecule has 0 amide bonds. The summed E-state index contributed by atoms with van der Waals surface area (Å²) in [6.45, 7) is 0. The third-order valence-corrected chi connectivity index (χ3v) is 5.04. The molecule has 1 aliphatic carbocycles. The highest BCUT2D eigenvalue weighted by Gasteiger charge is 2.30. The number of carbonyl (C=O) groups is 1. The van der Waals surface area contributed by atoms with E-state index in [1.54, 1.807) is 0 Å². The van der Waals surface area contributed by atoms with Crippen molar-refractivity contribution in [3.05, 3.63) is 29.8 Å². The molecule has 1 aromatic carbocycles.